The smallest absolute Gasteiger partial charge is 0.244 e. The largest absolute Gasteiger partial charge is 0.378 e. The van der Waals surface area contributed by atoms with E-state index < -0.39 is 0 Å². The molecular weight excluding hydrogens is 232 g/mol. The molecule has 0 aliphatic carbocycles. The molecule has 7 nitrogen and oxygen atoms in total. The van der Waals surface area contributed by atoms with E-state index in [1.54, 1.807) is 6.20 Å². The standard InChI is InChI=1S/C11H20N6O/c1-16(2)4-3-12-11-14-10(9-13-15-11)17-5-7-18-8-6-17/h9H,3-8H2,1-2H3,(H,12,14,15). The van der Waals surface area contributed by atoms with E-state index in [1.807, 2.05) is 14.1 Å². The molecule has 0 aromatic carbocycles. The molecule has 18 heavy (non-hydrogen) atoms. The van der Waals surface area contributed by atoms with Gasteiger partial charge in [0, 0.05) is 26.2 Å². The number of aromatic nitrogens is 3. The average Bonchev–Trinajstić information content (AvgIpc) is 2.40. The zero-order valence-corrected chi connectivity index (χ0v) is 11.0. The molecule has 0 bridgehead atoms. The number of likely N-dealkylation sites (N-methyl/N-ethyl adjacent to an activating group) is 1. The highest BCUT2D eigenvalue weighted by molar-refractivity contribution is 5.40. The van der Waals surface area contributed by atoms with Crippen molar-refractivity contribution < 1.29 is 4.74 Å². The highest BCUT2D eigenvalue weighted by Crippen LogP contribution is 2.11. The molecule has 1 aliphatic heterocycles. The molecule has 0 radical (unpaired) electrons. The van der Waals surface area contributed by atoms with Gasteiger partial charge in [0.1, 0.15) is 0 Å². The van der Waals surface area contributed by atoms with Crippen molar-refractivity contribution in [1.29, 1.82) is 0 Å². The number of ether oxygens (including phenoxy) is 1. The maximum absolute atomic E-state index is 5.32. The van der Waals surface area contributed by atoms with Gasteiger partial charge in [-0.3, -0.25) is 0 Å². The van der Waals surface area contributed by atoms with Gasteiger partial charge in [-0.05, 0) is 14.1 Å². The van der Waals surface area contributed by atoms with Crippen LogP contribution in [0, 0.1) is 0 Å². The van der Waals surface area contributed by atoms with Crippen LogP contribution in [0.5, 0.6) is 0 Å². The number of nitrogens with zero attached hydrogens (tertiary/aromatic N) is 5. The van der Waals surface area contributed by atoms with Crippen LogP contribution in [0.3, 0.4) is 0 Å². The van der Waals surface area contributed by atoms with Crippen molar-refractivity contribution >= 4 is 11.8 Å². The summed E-state index contributed by atoms with van der Waals surface area (Å²) >= 11 is 0. The third-order valence-corrected chi connectivity index (χ3v) is 2.72. The van der Waals surface area contributed by atoms with Gasteiger partial charge >= 0.3 is 0 Å². The minimum absolute atomic E-state index is 0.584. The molecule has 7 heteroatoms. The quantitative estimate of drug-likeness (QED) is 0.770. The Morgan fingerprint density at radius 1 is 1.39 bits per heavy atom. The number of hydrogen-bond donors (Lipinski definition) is 1. The summed E-state index contributed by atoms with van der Waals surface area (Å²) in [6.07, 6.45) is 1.70. The molecule has 1 aromatic heterocycles. The summed E-state index contributed by atoms with van der Waals surface area (Å²) in [4.78, 5) is 8.73. The molecule has 1 aromatic rings. The molecule has 1 aliphatic rings. The van der Waals surface area contributed by atoms with Crippen molar-refractivity contribution in [2.45, 2.75) is 0 Å². The number of hydrogen-bond acceptors (Lipinski definition) is 7. The Balaban J connectivity index is 1.91. The van der Waals surface area contributed by atoms with E-state index in [-0.39, 0.29) is 0 Å². The molecule has 100 valence electrons. The van der Waals surface area contributed by atoms with E-state index in [2.05, 4.69) is 30.3 Å². The summed E-state index contributed by atoms with van der Waals surface area (Å²) in [5.41, 5.74) is 0. The van der Waals surface area contributed by atoms with Gasteiger partial charge in [0.05, 0.1) is 19.4 Å². The molecule has 1 N–H and O–H groups in total. The summed E-state index contributed by atoms with van der Waals surface area (Å²) in [5.74, 6) is 1.45. The third kappa shape index (κ3) is 3.78. The summed E-state index contributed by atoms with van der Waals surface area (Å²) in [5, 5.41) is 11.1. The van der Waals surface area contributed by atoms with Crippen molar-refractivity contribution in [1.82, 2.24) is 20.1 Å². The number of rotatable bonds is 5. The van der Waals surface area contributed by atoms with E-state index in [4.69, 9.17) is 4.74 Å². The highest BCUT2D eigenvalue weighted by Gasteiger charge is 2.13. The Kier molecular flexibility index (Phi) is 4.66. The second-order valence-corrected chi connectivity index (χ2v) is 4.47. The molecular formula is C11H20N6O. The molecule has 0 atom stereocenters. The topological polar surface area (TPSA) is 66.4 Å². The molecule has 0 amide bonds. The maximum Gasteiger partial charge on any atom is 0.244 e. The van der Waals surface area contributed by atoms with Crippen LogP contribution in [0.2, 0.25) is 0 Å². The fraction of sp³-hybridized carbons (Fsp3) is 0.727. The minimum Gasteiger partial charge on any atom is -0.378 e. The van der Waals surface area contributed by atoms with Crippen molar-refractivity contribution in [2.75, 3.05) is 63.7 Å². The van der Waals surface area contributed by atoms with Crippen LogP contribution < -0.4 is 10.2 Å². The van der Waals surface area contributed by atoms with Gasteiger partial charge < -0.3 is 19.9 Å². The van der Waals surface area contributed by atoms with E-state index >= 15 is 0 Å². The van der Waals surface area contributed by atoms with E-state index in [0.717, 1.165) is 45.2 Å². The fourth-order valence-electron chi connectivity index (χ4n) is 1.71. The lowest BCUT2D eigenvalue weighted by Crippen LogP contribution is -2.37. The van der Waals surface area contributed by atoms with Gasteiger partial charge in [-0.25, -0.2) is 0 Å². The first-order valence-corrected chi connectivity index (χ1v) is 6.17. The number of nitrogens with one attached hydrogen (secondary N) is 1. The second-order valence-electron chi connectivity index (χ2n) is 4.47. The Hall–Kier alpha value is -1.47. The number of morpholine rings is 1. The first kappa shape index (κ1) is 13.0. The van der Waals surface area contributed by atoms with E-state index in [1.165, 1.54) is 0 Å². The molecule has 2 heterocycles. The van der Waals surface area contributed by atoms with Gasteiger partial charge in [0.25, 0.3) is 0 Å². The maximum atomic E-state index is 5.32. The molecule has 1 saturated heterocycles. The van der Waals surface area contributed by atoms with Gasteiger partial charge in [0.2, 0.25) is 5.95 Å². The van der Waals surface area contributed by atoms with Crippen LogP contribution in [0.15, 0.2) is 6.20 Å². The Bertz CT molecular complexity index is 366. The van der Waals surface area contributed by atoms with Crippen molar-refractivity contribution in [3.05, 3.63) is 6.20 Å². The van der Waals surface area contributed by atoms with Crippen LogP contribution in [-0.2, 0) is 4.74 Å². The lowest BCUT2D eigenvalue weighted by atomic mass is 10.4. The fourth-order valence-corrected chi connectivity index (χ4v) is 1.71. The summed E-state index contributed by atoms with van der Waals surface area (Å²) in [6, 6.07) is 0. The van der Waals surface area contributed by atoms with Gasteiger partial charge in [-0.2, -0.15) is 10.1 Å². The molecule has 0 saturated carbocycles. The van der Waals surface area contributed by atoms with Gasteiger partial charge in [-0.15, -0.1) is 5.10 Å². The first-order valence-electron chi connectivity index (χ1n) is 6.17. The van der Waals surface area contributed by atoms with Crippen LogP contribution in [0.1, 0.15) is 0 Å². The summed E-state index contributed by atoms with van der Waals surface area (Å²) < 4.78 is 5.32. The first-order chi connectivity index (χ1) is 8.75. The lowest BCUT2D eigenvalue weighted by molar-refractivity contribution is 0.122. The second kappa shape index (κ2) is 6.46. The lowest BCUT2D eigenvalue weighted by Gasteiger charge is -2.27. The monoisotopic (exact) mass is 252 g/mol. The van der Waals surface area contributed by atoms with Crippen LogP contribution in [-0.4, -0.2) is 73.6 Å². The SMILES string of the molecule is CN(C)CCNc1nncc(N2CCOCC2)n1. The summed E-state index contributed by atoms with van der Waals surface area (Å²) in [7, 11) is 4.07. The normalized spacial score (nSPS) is 16.1. The van der Waals surface area contributed by atoms with Crippen molar-refractivity contribution in [3.8, 4) is 0 Å². The molecule has 2 rings (SSSR count). The van der Waals surface area contributed by atoms with Crippen molar-refractivity contribution in [3.63, 3.8) is 0 Å². The van der Waals surface area contributed by atoms with Crippen LogP contribution in [0.25, 0.3) is 0 Å². The third-order valence-electron chi connectivity index (χ3n) is 2.72. The van der Waals surface area contributed by atoms with E-state index in [0.29, 0.717) is 5.95 Å². The van der Waals surface area contributed by atoms with E-state index in [9.17, 15) is 0 Å². The van der Waals surface area contributed by atoms with Gasteiger partial charge in [0.15, 0.2) is 5.82 Å². The predicted octanol–water partition coefficient (Wildman–Crippen LogP) is -0.318. The molecule has 0 spiro atoms. The number of anilines is 2. The van der Waals surface area contributed by atoms with Crippen LogP contribution >= 0.6 is 0 Å². The zero-order valence-electron chi connectivity index (χ0n) is 11.0. The zero-order chi connectivity index (χ0) is 12.8. The predicted molar refractivity (Wildman–Crippen MR) is 69.9 cm³/mol. The van der Waals surface area contributed by atoms with Crippen LogP contribution in [0.4, 0.5) is 11.8 Å². The Morgan fingerprint density at radius 2 is 2.17 bits per heavy atom. The molecule has 1 fully saturated rings. The van der Waals surface area contributed by atoms with Gasteiger partial charge in [-0.1, -0.05) is 0 Å². The Morgan fingerprint density at radius 3 is 2.89 bits per heavy atom. The molecule has 0 unspecified atom stereocenters. The summed E-state index contributed by atoms with van der Waals surface area (Å²) in [6.45, 7) is 4.94. The highest BCUT2D eigenvalue weighted by atomic mass is 16.5. The Labute approximate surface area is 107 Å². The minimum atomic E-state index is 0.584. The average molecular weight is 252 g/mol. The van der Waals surface area contributed by atoms with Crippen molar-refractivity contribution in [2.24, 2.45) is 0 Å².